The average molecular weight is 425 g/mol. The normalized spacial score (nSPS) is 11.0. The molecule has 6 nitrogen and oxygen atoms in total. The predicted octanol–water partition coefficient (Wildman–Crippen LogP) is 3.06. The fraction of sp³-hybridized carbons (Fsp3) is 0.250. The zero-order valence-electron chi connectivity index (χ0n) is 15.9. The van der Waals surface area contributed by atoms with Crippen molar-refractivity contribution in [2.75, 3.05) is 25.0 Å². The van der Waals surface area contributed by atoms with Crippen molar-refractivity contribution in [3.05, 3.63) is 65.5 Å². The van der Waals surface area contributed by atoms with Crippen LogP contribution in [0.15, 0.2) is 48.5 Å². The Morgan fingerprint density at radius 3 is 2.37 bits per heavy atom. The Kier molecular flexibility index (Phi) is 7.51. The summed E-state index contributed by atoms with van der Waals surface area (Å²) < 4.78 is 52.2. The van der Waals surface area contributed by atoms with Gasteiger partial charge in [-0.2, -0.15) is 13.2 Å². The number of rotatable bonds is 7. The number of nitrogens with zero attached hydrogens (tertiary/aromatic N) is 1. The zero-order chi connectivity index (χ0) is 22.3. The molecule has 0 fully saturated rings. The van der Waals surface area contributed by atoms with Crippen molar-refractivity contribution in [3.8, 4) is 0 Å². The molecule has 2 N–H and O–H groups in total. The average Bonchev–Trinajstić information content (AvgIpc) is 2.69. The monoisotopic (exact) mass is 425 g/mol. The Morgan fingerprint density at radius 2 is 1.73 bits per heavy atom. The molecule has 2 rings (SSSR count). The molecule has 2 aromatic rings. The molecule has 0 heterocycles. The molecule has 0 unspecified atom stereocenters. The van der Waals surface area contributed by atoms with Gasteiger partial charge in [-0.25, -0.2) is 4.39 Å². The van der Waals surface area contributed by atoms with Crippen LogP contribution in [-0.2, 0) is 15.8 Å². The van der Waals surface area contributed by atoms with E-state index in [1.165, 1.54) is 24.3 Å². The van der Waals surface area contributed by atoms with Gasteiger partial charge < -0.3 is 15.5 Å². The van der Waals surface area contributed by atoms with Crippen LogP contribution in [0.25, 0.3) is 0 Å². The Hall–Kier alpha value is -3.43. The van der Waals surface area contributed by atoms with Gasteiger partial charge in [0.25, 0.3) is 5.91 Å². The van der Waals surface area contributed by atoms with Crippen molar-refractivity contribution in [2.24, 2.45) is 0 Å². The maximum atomic E-state index is 13.2. The van der Waals surface area contributed by atoms with Crippen molar-refractivity contribution < 1.29 is 31.9 Å². The molecule has 0 saturated heterocycles. The molecular weight excluding hydrogens is 406 g/mol. The second-order valence-electron chi connectivity index (χ2n) is 6.19. The molecule has 2 aromatic carbocycles. The summed E-state index contributed by atoms with van der Waals surface area (Å²) >= 11 is 0. The Morgan fingerprint density at radius 1 is 1.03 bits per heavy atom. The van der Waals surface area contributed by atoms with Crippen LogP contribution in [0.3, 0.4) is 0 Å². The minimum Gasteiger partial charge on any atom is -0.343 e. The third-order valence-electron chi connectivity index (χ3n) is 4.06. The van der Waals surface area contributed by atoms with Gasteiger partial charge >= 0.3 is 6.18 Å². The molecule has 0 aliphatic carbocycles. The van der Waals surface area contributed by atoms with Gasteiger partial charge in [0.2, 0.25) is 11.8 Å². The van der Waals surface area contributed by atoms with Crippen molar-refractivity contribution in [2.45, 2.75) is 13.1 Å². The highest BCUT2D eigenvalue weighted by Gasteiger charge is 2.33. The summed E-state index contributed by atoms with van der Waals surface area (Å²) in [5.74, 6) is -2.73. The fourth-order valence-corrected chi connectivity index (χ4v) is 2.58. The molecule has 0 bridgehead atoms. The summed E-state index contributed by atoms with van der Waals surface area (Å²) in [7, 11) is 0. The topological polar surface area (TPSA) is 78.5 Å². The lowest BCUT2D eigenvalue weighted by atomic mass is 10.1. The molecule has 30 heavy (non-hydrogen) atoms. The van der Waals surface area contributed by atoms with E-state index in [9.17, 15) is 31.9 Å². The van der Waals surface area contributed by atoms with Gasteiger partial charge in [-0.1, -0.05) is 18.2 Å². The molecule has 0 radical (unpaired) electrons. The number of anilines is 1. The van der Waals surface area contributed by atoms with Gasteiger partial charge in [0.05, 0.1) is 24.3 Å². The summed E-state index contributed by atoms with van der Waals surface area (Å²) in [6.07, 6.45) is -4.65. The van der Waals surface area contributed by atoms with E-state index in [1.54, 1.807) is 6.92 Å². The van der Waals surface area contributed by atoms with Crippen LogP contribution < -0.4 is 10.6 Å². The van der Waals surface area contributed by atoms with Gasteiger partial charge in [-0.05, 0) is 37.3 Å². The van der Waals surface area contributed by atoms with Gasteiger partial charge in [0.15, 0.2) is 0 Å². The summed E-state index contributed by atoms with van der Waals surface area (Å²) in [6.45, 7) is 0.694. The lowest BCUT2D eigenvalue weighted by molar-refractivity contribution is -0.137. The SMILES string of the molecule is CCN(CC(=O)Nc1ccccc1C(F)(F)F)C(=O)CNC(=O)c1cccc(F)c1. The number of hydrogen-bond acceptors (Lipinski definition) is 3. The molecule has 160 valence electrons. The van der Waals surface area contributed by atoms with Gasteiger partial charge in [-0.15, -0.1) is 0 Å². The van der Waals surface area contributed by atoms with E-state index >= 15 is 0 Å². The van der Waals surface area contributed by atoms with E-state index in [4.69, 9.17) is 0 Å². The number of benzene rings is 2. The Balaban J connectivity index is 1.95. The van der Waals surface area contributed by atoms with Crippen molar-refractivity contribution in [1.82, 2.24) is 10.2 Å². The van der Waals surface area contributed by atoms with E-state index in [2.05, 4.69) is 10.6 Å². The third kappa shape index (κ3) is 6.29. The first kappa shape index (κ1) is 22.9. The van der Waals surface area contributed by atoms with E-state index in [1.807, 2.05) is 0 Å². The number of likely N-dealkylation sites (N-methyl/N-ethyl adjacent to an activating group) is 1. The molecule has 0 aromatic heterocycles. The zero-order valence-corrected chi connectivity index (χ0v) is 15.9. The maximum Gasteiger partial charge on any atom is 0.418 e. The van der Waals surface area contributed by atoms with Crippen LogP contribution in [0.2, 0.25) is 0 Å². The number of carbonyl (C=O) groups is 3. The minimum atomic E-state index is -4.65. The van der Waals surface area contributed by atoms with E-state index < -0.39 is 54.1 Å². The second kappa shape index (κ2) is 9.86. The lowest BCUT2D eigenvalue weighted by Crippen LogP contribution is -2.43. The quantitative estimate of drug-likeness (QED) is 0.670. The van der Waals surface area contributed by atoms with E-state index in [0.717, 1.165) is 29.2 Å². The first-order valence-corrected chi connectivity index (χ1v) is 8.89. The summed E-state index contributed by atoms with van der Waals surface area (Å²) in [5, 5.41) is 4.47. The minimum absolute atomic E-state index is 0.0207. The van der Waals surface area contributed by atoms with E-state index in [0.29, 0.717) is 0 Å². The number of amides is 3. The molecule has 0 spiro atoms. The molecule has 0 atom stereocenters. The number of hydrogen-bond donors (Lipinski definition) is 2. The Labute approximate surface area is 169 Å². The number of carbonyl (C=O) groups excluding carboxylic acids is 3. The first-order valence-electron chi connectivity index (χ1n) is 8.89. The van der Waals surface area contributed by atoms with Gasteiger partial charge in [0, 0.05) is 12.1 Å². The number of nitrogens with one attached hydrogen (secondary N) is 2. The van der Waals surface area contributed by atoms with Crippen molar-refractivity contribution in [3.63, 3.8) is 0 Å². The van der Waals surface area contributed by atoms with Crippen LogP contribution in [0.1, 0.15) is 22.8 Å². The summed E-state index contributed by atoms with van der Waals surface area (Å²) in [6, 6.07) is 9.36. The first-order chi connectivity index (χ1) is 14.1. The van der Waals surface area contributed by atoms with Crippen LogP contribution in [-0.4, -0.2) is 42.3 Å². The summed E-state index contributed by atoms with van der Waals surface area (Å²) in [5.41, 5.74) is -1.40. The van der Waals surface area contributed by atoms with Gasteiger partial charge in [-0.3, -0.25) is 14.4 Å². The molecule has 0 aliphatic rings. The van der Waals surface area contributed by atoms with Crippen molar-refractivity contribution >= 4 is 23.4 Å². The number of halogens is 4. The predicted molar refractivity (Wildman–Crippen MR) is 101 cm³/mol. The van der Waals surface area contributed by atoms with Crippen molar-refractivity contribution in [1.29, 1.82) is 0 Å². The highest BCUT2D eigenvalue weighted by Crippen LogP contribution is 2.34. The van der Waals surface area contributed by atoms with Crippen LogP contribution in [0, 0.1) is 5.82 Å². The molecule has 3 amide bonds. The Bertz CT molecular complexity index is 932. The lowest BCUT2D eigenvalue weighted by Gasteiger charge is -2.21. The molecule has 0 saturated carbocycles. The van der Waals surface area contributed by atoms with Crippen LogP contribution in [0.5, 0.6) is 0 Å². The third-order valence-corrected chi connectivity index (χ3v) is 4.06. The molecular formula is C20H19F4N3O3. The highest BCUT2D eigenvalue weighted by atomic mass is 19.4. The fourth-order valence-electron chi connectivity index (χ4n) is 2.58. The highest BCUT2D eigenvalue weighted by molar-refractivity contribution is 5.98. The second-order valence-corrected chi connectivity index (χ2v) is 6.19. The standard InChI is InChI=1S/C20H19F4N3O3/c1-2-27(18(29)11-25-19(30)13-6-5-7-14(21)10-13)12-17(28)26-16-9-4-3-8-15(16)20(22,23)24/h3-10H,2,11-12H2,1H3,(H,25,30)(H,26,28). The summed E-state index contributed by atoms with van der Waals surface area (Å²) in [4.78, 5) is 37.5. The molecule has 0 aliphatic heterocycles. The van der Waals surface area contributed by atoms with Crippen LogP contribution >= 0.6 is 0 Å². The number of para-hydroxylation sites is 1. The molecule has 10 heteroatoms. The largest absolute Gasteiger partial charge is 0.418 e. The van der Waals surface area contributed by atoms with E-state index in [-0.39, 0.29) is 12.1 Å². The maximum absolute atomic E-state index is 13.2. The van der Waals surface area contributed by atoms with Crippen LogP contribution in [0.4, 0.5) is 23.2 Å². The van der Waals surface area contributed by atoms with Gasteiger partial charge in [0.1, 0.15) is 5.82 Å². The smallest absolute Gasteiger partial charge is 0.343 e. The number of alkyl halides is 3.